The van der Waals surface area contributed by atoms with Crippen molar-refractivity contribution >= 4 is 0 Å². The second-order valence-electron chi connectivity index (χ2n) is 3.95. The molecule has 1 nitrogen and oxygen atoms in total. The van der Waals surface area contributed by atoms with E-state index in [2.05, 4.69) is 38.1 Å². The zero-order chi connectivity index (χ0) is 10.9. The number of benzene rings is 1. The van der Waals surface area contributed by atoms with E-state index in [9.17, 15) is 0 Å². The molecule has 0 saturated heterocycles. The maximum Gasteiger partial charge on any atom is 0.119 e. The SMILES string of the molecule is CCCCOc1ccc(CCCC)cc1. The van der Waals surface area contributed by atoms with Gasteiger partial charge in [0.15, 0.2) is 0 Å². The summed E-state index contributed by atoms with van der Waals surface area (Å²) in [5.41, 5.74) is 1.42. The maximum atomic E-state index is 5.61. The molecule has 0 fully saturated rings. The van der Waals surface area contributed by atoms with Gasteiger partial charge in [-0.3, -0.25) is 0 Å². The lowest BCUT2D eigenvalue weighted by Crippen LogP contribution is -1.96. The largest absolute Gasteiger partial charge is 0.494 e. The third-order valence-electron chi connectivity index (χ3n) is 2.51. The molecule has 15 heavy (non-hydrogen) atoms. The fourth-order valence-electron chi connectivity index (χ4n) is 1.47. The molecule has 0 aliphatic carbocycles. The molecule has 1 aromatic carbocycles. The van der Waals surface area contributed by atoms with Crippen LogP contribution in [0.4, 0.5) is 0 Å². The lowest BCUT2D eigenvalue weighted by molar-refractivity contribution is 0.309. The van der Waals surface area contributed by atoms with E-state index in [1.165, 1.54) is 31.2 Å². The Labute approximate surface area is 93.5 Å². The Hall–Kier alpha value is -0.980. The fourth-order valence-corrected chi connectivity index (χ4v) is 1.47. The number of rotatable bonds is 7. The first-order valence-corrected chi connectivity index (χ1v) is 6.08. The molecule has 1 heteroatoms. The summed E-state index contributed by atoms with van der Waals surface area (Å²) < 4.78 is 5.61. The number of hydrogen-bond donors (Lipinski definition) is 0. The van der Waals surface area contributed by atoms with E-state index in [0.29, 0.717) is 0 Å². The second-order valence-corrected chi connectivity index (χ2v) is 3.95. The number of aryl methyl sites for hydroxylation is 1. The second kappa shape index (κ2) is 7.33. The molecule has 0 amide bonds. The van der Waals surface area contributed by atoms with Crippen molar-refractivity contribution in [2.75, 3.05) is 6.61 Å². The van der Waals surface area contributed by atoms with Gasteiger partial charge in [-0.1, -0.05) is 38.8 Å². The Morgan fingerprint density at radius 2 is 1.60 bits per heavy atom. The van der Waals surface area contributed by atoms with Gasteiger partial charge in [-0.05, 0) is 37.0 Å². The molecule has 0 unspecified atom stereocenters. The lowest BCUT2D eigenvalue weighted by atomic mass is 10.1. The first-order chi connectivity index (χ1) is 7.36. The third-order valence-corrected chi connectivity index (χ3v) is 2.51. The normalized spacial score (nSPS) is 10.3. The molecule has 0 N–H and O–H groups in total. The summed E-state index contributed by atoms with van der Waals surface area (Å²) in [6.45, 7) is 5.24. The van der Waals surface area contributed by atoms with Gasteiger partial charge in [0.2, 0.25) is 0 Å². The molecular weight excluding hydrogens is 184 g/mol. The lowest BCUT2D eigenvalue weighted by Gasteiger charge is -2.06. The van der Waals surface area contributed by atoms with Crippen molar-refractivity contribution in [3.8, 4) is 5.75 Å². The average molecular weight is 206 g/mol. The van der Waals surface area contributed by atoms with Crippen LogP contribution < -0.4 is 4.74 Å². The molecule has 0 radical (unpaired) electrons. The van der Waals surface area contributed by atoms with Crippen molar-refractivity contribution in [1.29, 1.82) is 0 Å². The van der Waals surface area contributed by atoms with Crippen molar-refractivity contribution in [1.82, 2.24) is 0 Å². The number of hydrogen-bond acceptors (Lipinski definition) is 1. The Morgan fingerprint density at radius 3 is 2.20 bits per heavy atom. The summed E-state index contributed by atoms with van der Waals surface area (Å²) in [6.07, 6.45) is 6.04. The van der Waals surface area contributed by atoms with Gasteiger partial charge in [0.25, 0.3) is 0 Å². The number of unbranched alkanes of at least 4 members (excludes halogenated alkanes) is 2. The van der Waals surface area contributed by atoms with Crippen LogP contribution in [0.25, 0.3) is 0 Å². The highest BCUT2D eigenvalue weighted by Gasteiger charge is 1.95. The van der Waals surface area contributed by atoms with Gasteiger partial charge in [-0.15, -0.1) is 0 Å². The van der Waals surface area contributed by atoms with Crippen molar-refractivity contribution < 1.29 is 4.74 Å². The van der Waals surface area contributed by atoms with Crippen LogP contribution in [0.3, 0.4) is 0 Å². The Kier molecular flexibility index (Phi) is 5.91. The van der Waals surface area contributed by atoms with E-state index >= 15 is 0 Å². The maximum absolute atomic E-state index is 5.61. The van der Waals surface area contributed by atoms with E-state index in [1.54, 1.807) is 0 Å². The van der Waals surface area contributed by atoms with Crippen LogP contribution in [-0.2, 0) is 6.42 Å². The van der Waals surface area contributed by atoms with Crippen molar-refractivity contribution in [2.45, 2.75) is 46.0 Å². The van der Waals surface area contributed by atoms with Gasteiger partial charge in [0, 0.05) is 0 Å². The molecule has 1 rings (SSSR count). The van der Waals surface area contributed by atoms with E-state index < -0.39 is 0 Å². The first kappa shape index (κ1) is 12.1. The van der Waals surface area contributed by atoms with Crippen LogP contribution in [0, 0.1) is 0 Å². The van der Waals surface area contributed by atoms with Crippen molar-refractivity contribution in [2.24, 2.45) is 0 Å². The summed E-state index contributed by atoms with van der Waals surface area (Å²) in [7, 11) is 0. The van der Waals surface area contributed by atoms with Crippen LogP contribution in [0.15, 0.2) is 24.3 Å². The van der Waals surface area contributed by atoms with Gasteiger partial charge in [-0.2, -0.15) is 0 Å². The van der Waals surface area contributed by atoms with Crippen LogP contribution in [0.5, 0.6) is 5.75 Å². The molecule has 0 heterocycles. The third kappa shape index (κ3) is 4.87. The predicted octanol–water partition coefficient (Wildman–Crippen LogP) is 4.21. The topological polar surface area (TPSA) is 9.23 Å². The van der Waals surface area contributed by atoms with Crippen LogP contribution in [-0.4, -0.2) is 6.61 Å². The quantitative estimate of drug-likeness (QED) is 0.607. The highest BCUT2D eigenvalue weighted by atomic mass is 16.5. The Bertz CT molecular complexity index is 251. The Balaban J connectivity index is 2.35. The van der Waals surface area contributed by atoms with Crippen molar-refractivity contribution in [3.05, 3.63) is 29.8 Å². The minimum Gasteiger partial charge on any atom is -0.494 e. The monoisotopic (exact) mass is 206 g/mol. The van der Waals surface area contributed by atoms with E-state index in [1.807, 2.05) is 0 Å². The molecule has 0 saturated carbocycles. The first-order valence-electron chi connectivity index (χ1n) is 6.08. The standard InChI is InChI=1S/C14H22O/c1-3-5-7-13-8-10-14(11-9-13)15-12-6-4-2/h8-11H,3-7,12H2,1-2H3. The summed E-state index contributed by atoms with van der Waals surface area (Å²) >= 11 is 0. The highest BCUT2D eigenvalue weighted by Crippen LogP contribution is 2.14. The van der Waals surface area contributed by atoms with Crippen LogP contribution in [0.2, 0.25) is 0 Å². The summed E-state index contributed by atoms with van der Waals surface area (Å²) in [4.78, 5) is 0. The van der Waals surface area contributed by atoms with Crippen molar-refractivity contribution in [3.63, 3.8) is 0 Å². The smallest absolute Gasteiger partial charge is 0.119 e. The average Bonchev–Trinajstić information content (AvgIpc) is 2.28. The molecular formula is C14H22O. The van der Waals surface area contributed by atoms with Gasteiger partial charge >= 0.3 is 0 Å². The zero-order valence-corrected chi connectivity index (χ0v) is 9.96. The highest BCUT2D eigenvalue weighted by molar-refractivity contribution is 5.27. The predicted molar refractivity (Wildman–Crippen MR) is 65.5 cm³/mol. The Morgan fingerprint density at radius 1 is 0.933 bits per heavy atom. The van der Waals surface area contributed by atoms with Crippen LogP contribution in [0.1, 0.15) is 45.1 Å². The van der Waals surface area contributed by atoms with Gasteiger partial charge < -0.3 is 4.74 Å². The molecule has 1 aromatic rings. The fraction of sp³-hybridized carbons (Fsp3) is 0.571. The van der Waals surface area contributed by atoms with E-state index in [-0.39, 0.29) is 0 Å². The van der Waals surface area contributed by atoms with Gasteiger partial charge in [0.05, 0.1) is 6.61 Å². The summed E-state index contributed by atoms with van der Waals surface area (Å²) in [6, 6.07) is 8.52. The van der Waals surface area contributed by atoms with E-state index in [0.717, 1.165) is 18.8 Å². The van der Waals surface area contributed by atoms with E-state index in [4.69, 9.17) is 4.74 Å². The van der Waals surface area contributed by atoms with Crippen LogP contribution >= 0.6 is 0 Å². The molecule has 0 aromatic heterocycles. The molecule has 0 spiro atoms. The number of ether oxygens (including phenoxy) is 1. The van der Waals surface area contributed by atoms with Gasteiger partial charge in [0.1, 0.15) is 5.75 Å². The summed E-state index contributed by atoms with van der Waals surface area (Å²) in [5, 5.41) is 0. The minimum atomic E-state index is 0.838. The molecule has 0 aliphatic rings. The minimum absolute atomic E-state index is 0.838. The zero-order valence-electron chi connectivity index (χ0n) is 9.96. The molecule has 0 atom stereocenters. The van der Waals surface area contributed by atoms with Gasteiger partial charge in [-0.25, -0.2) is 0 Å². The molecule has 0 bridgehead atoms. The molecule has 84 valence electrons. The molecule has 0 aliphatic heterocycles. The summed E-state index contributed by atoms with van der Waals surface area (Å²) in [5.74, 6) is 1.00.